The topological polar surface area (TPSA) is 122 Å². The number of halogens is 1. The van der Waals surface area contributed by atoms with Gasteiger partial charge in [-0.2, -0.15) is 0 Å². The van der Waals surface area contributed by atoms with Gasteiger partial charge in [0.2, 0.25) is 11.5 Å². The van der Waals surface area contributed by atoms with Crippen molar-refractivity contribution in [2.45, 2.75) is 19.8 Å². The molecule has 0 spiro atoms. The fourth-order valence-corrected chi connectivity index (χ4v) is 4.75. The van der Waals surface area contributed by atoms with Crippen LogP contribution >= 0.6 is 0 Å². The van der Waals surface area contributed by atoms with Gasteiger partial charge in [-0.15, -0.1) is 0 Å². The summed E-state index contributed by atoms with van der Waals surface area (Å²) in [6.07, 6.45) is 6.22. The summed E-state index contributed by atoms with van der Waals surface area (Å²) in [6.45, 7) is 5.27. The van der Waals surface area contributed by atoms with E-state index < -0.39 is 11.7 Å². The van der Waals surface area contributed by atoms with Crippen molar-refractivity contribution in [2.75, 3.05) is 37.4 Å². The Morgan fingerprint density at radius 2 is 2.08 bits per heavy atom. The number of methoxy groups -OCH3 is 1. The first-order chi connectivity index (χ1) is 18.4. The van der Waals surface area contributed by atoms with Gasteiger partial charge in [0.25, 0.3) is 5.91 Å². The van der Waals surface area contributed by atoms with E-state index in [1.165, 1.54) is 17.7 Å². The minimum Gasteiger partial charge on any atom is -0.493 e. The van der Waals surface area contributed by atoms with Crippen LogP contribution in [0.3, 0.4) is 0 Å². The van der Waals surface area contributed by atoms with E-state index in [0.717, 1.165) is 55.2 Å². The van der Waals surface area contributed by atoms with E-state index in [9.17, 15) is 9.18 Å². The summed E-state index contributed by atoms with van der Waals surface area (Å²) in [5.41, 5.74) is 9.72. The third kappa shape index (κ3) is 5.30. The number of fused-ring (bicyclic) bond motifs is 1. The van der Waals surface area contributed by atoms with E-state index in [2.05, 4.69) is 50.6 Å². The van der Waals surface area contributed by atoms with Crippen molar-refractivity contribution in [2.24, 2.45) is 5.73 Å². The van der Waals surface area contributed by atoms with Crippen molar-refractivity contribution in [1.29, 1.82) is 0 Å². The Balaban J connectivity index is 1.48. The molecule has 3 heterocycles. The normalized spacial score (nSPS) is 13.8. The second-order valence-corrected chi connectivity index (χ2v) is 9.21. The highest BCUT2D eigenvalue weighted by Gasteiger charge is 2.20. The van der Waals surface area contributed by atoms with Crippen LogP contribution in [0.4, 0.5) is 27.5 Å². The van der Waals surface area contributed by atoms with Gasteiger partial charge < -0.3 is 15.8 Å². The van der Waals surface area contributed by atoms with Gasteiger partial charge in [-0.25, -0.2) is 9.37 Å². The molecule has 0 aliphatic carbocycles. The number of rotatable bonds is 9. The van der Waals surface area contributed by atoms with Crippen LogP contribution in [0, 0.1) is 5.82 Å². The summed E-state index contributed by atoms with van der Waals surface area (Å²) in [5.74, 6) is 0.268. The SMILES string of the molecule is CCCN1CCC=C(c2ccc(OC)c(Nc3nc(Nc4ccc(F)cc4C(N)=O)c4cc[nH]c4[nH+]3)c2)C1. The summed E-state index contributed by atoms with van der Waals surface area (Å²) < 4.78 is 19.4. The minimum atomic E-state index is -0.741. The van der Waals surface area contributed by atoms with Crippen LogP contribution in [-0.4, -0.2) is 47.5 Å². The second kappa shape index (κ2) is 10.9. The van der Waals surface area contributed by atoms with Gasteiger partial charge in [-0.1, -0.05) is 24.1 Å². The van der Waals surface area contributed by atoms with Crippen molar-refractivity contribution < 1.29 is 18.9 Å². The second-order valence-electron chi connectivity index (χ2n) is 9.21. The molecule has 38 heavy (non-hydrogen) atoms. The number of amides is 1. The third-order valence-corrected chi connectivity index (χ3v) is 6.56. The van der Waals surface area contributed by atoms with Crippen molar-refractivity contribution in [3.05, 3.63) is 71.7 Å². The molecule has 5 rings (SSSR count). The number of ether oxygens (including phenoxy) is 1. The molecule has 0 fully saturated rings. The summed E-state index contributed by atoms with van der Waals surface area (Å²) in [5, 5.41) is 7.24. The lowest BCUT2D eigenvalue weighted by Crippen LogP contribution is -2.30. The molecule has 4 aromatic rings. The zero-order valence-electron chi connectivity index (χ0n) is 21.4. The lowest BCUT2D eigenvalue weighted by atomic mass is 10.00. The molecule has 0 radical (unpaired) electrons. The standard InChI is InChI=1S/C28H30FN7O2/c1-3-12-36-13-4-5-18(16-36)17-6-9-24(38-2)23(14-17)33-28-34-26-20(10-11-31-26)27(35-28)32-22-8-7-19(29)15-21(22)25(30)37/h5-11,14-15H,3-4,12-13,16H2,1-2H3,(H2,30,37)(H3,31,32,33,34,35)/p+1. The van der Waals surface area contributed by atoms with Gasteiger partial charge >= 0.3 is 5.95 Å². The maximum Gasteiger partial charge on any atom is 0.351 e. The number of H-pyrrole nitrogens is 2. The average molecular weight is 517 g/mol. The number of nitrogens with one attached hydrogen (secondary N) is 4. The first-order valence-corrected chi connectivity index (χ1v) is 12.6. The fourth-order valence-electron chi connectivity index (χ4n) is 4.75. The van der Waals surface area contributed by atoms with Gasteiger partial charge in [0.05, 0.1) is 23.7 Å². The smallest absolute Gasteiger partial charge is 0.351 e. The van der Waals surface area contributed by atoms with Crippen LogP contribution in [0.15, 0.2) is 54.7 Å². The van der Waals surface area contributed by atoms with Gasteiger partial charge in [-0.05, 0) is 66.9 Å². The van der Waals surface area contributed by atoms with E-state index in [-0.39, 0.29) is 5.56 Å². The number of aromatic amines is 2. The number of nitrogens with two attached hydrogens (primary N) is 1. The van der Waals surface area contributed by atoms with Gasteiger partial charge in [0, 0.05) is 19.3 Å². The van der Waals surface area contributed by atoms with Gasteiger partial charge in [0.15, 0.2) is 5.75 Å². The highest BCUT2D eigenvalue weighted by molar-refractivity contribution is 6.00. The average Bonchev–Trinajstić information content (AvgIpc) is 3.39. The molecule has 0 saturated heterocycles. The van der Waals surface area contributed by atoms with Crippen molar-refractivity contribution >= 4 is 45.7 Å². The van der Waals surface area contributed by atoms with E-state index in [4.69, 9.17) is 15.5 Å². The first-order valence-electron chi connectivity index (χ1n) is 12.6. The van der Waals surface area contributed by atoms with Crippen LogP contribution in [0.5, 0.6) is 5.75 Å². The third-order valence-electron chi connectivity index (χ3n) is 6.56. The Kier molecular flexibility index (Phi) is 7.23. The molecular weight excluding hydrogens is 485 g/mol. The maximum atomic E-state index is 13.8. The summed E-state index contributed by atoms with van der Waals surface area (Å²) in [7, 11) is 1.63. The lowest BCUT2D eigenvalue weighted by Gasteiger charge is -2.27. The number of hydrogen-bond donors (Lipinski definition) is 4. The van der Waals surface area contributed by atoms with Crippen LogP contribution in [0.2, 0.25) is 0 Å². The van der Waals surface area contributed by atoms with Crippen molar-refractivity contribution in [3.8, 4) is 5.75 Å². The number of aromatic nitrogens is 3. The highest BCUT2D eigenvalue weighted by atomic mass is 19.1. The molecule has 1 amide bonds. The maximum absolute atomic E-state index is 13.8. The Bertz CT molecular complexity index is 1510. The van der Waals surface area contributed by atoms with Gasteiger partial charge in [0.1, 0.15) is 11.5 Å². The molecular formula is C28H31FN7O2+. The first kappa shape index (κ1) is 25.2. The molecule has 0 bridgehead atoms. The number of primary amides is 1. The molecule has 2 aromatic heterocycles. The zero-order chi connectivity index (χ0) is 26.6. The Morgan fingerprint density at radius 3 is 2.87 bits per heavy atom. The Hall–Kier alpha value is -4.44. The van der Waals surface area contributed by atoms with Crippen molar-refractivity contribution in [1.82, 2.24) is 14.9 Å². The van der Waals surface area contributed by atoms with E-state index >= 15 is 0 Å². The van der Waals surface area contributed by atoms with Crippen LogP contribution in [0.25, 0.3) is 16.6 Å². The quantitative estimate of drug-likeness (QED) is 0.258. The lowest BCUT2D eigenvalue weighted by molar-refractivity contribution is -0.333. The predicted molar refractivity (Wildman–Crippen MR) is 146 cm³/mol. The van der Waals surface area contributed by atoms with Crippen LogP contribution in [-0.2, 0) is 0 Å². The molecule has 10 heteroatoms. The molecule has 6 N–H and O–H groups in total. The van der Waals surface area contributed by atoms with Gasteiger partial charge in [-0.3, -0.25) is 20.0 Å². The number of carbonyl (C=O) groups excluding carboxylic acids is 1. The summed E-state index contributed by atoms with van der Waals surface area (Å²) in [6, 6.07) is 11.8. The predicted octanol–water partition coefficient (Wildman–Crippen LogP) is 4.61. The Morgan fingerprint density at radius 1 is 1.21 bits per heavy atom. The molecule has 1 aliphatic heterocycles. The molecule has 0 saturated carbocycles. The minimum absolute atomic E-state index is 0.0325. The fraction of sp³-hybridized carbons (Fsp3) is 0.250. The summed E-state index contributed by atoms with van der Waals surface area (Å²) in [4.78, 5) is 25.5. The molecule has 0 unspecified atom stereocenters. The van der Waals surface area contributed by atoms with Crippen LogP contribution in [0.1, 0.15) is 35.7 Å². The summed E-state index contributed by atoms with van der Waals surface area (Å²) >= 11 is 0. The molecule has 1 aliphatic rings. The van der Waals surface area contributed by atoms with E-state index in [1.54, 1.807) is 13.3 Å². The Labute approximate surface area is 219 Å². The van der Waals surface area contributed by atoms with E-state index in [0.29, 0.717) is 28.9 Å². The van der Waals surface area contributed by atoms with E-state index in [1.807, 2.05) is 12.1 Å². The molecule has 196 valence electrons. The number of nitrogens with zero attached hydrogens (tertiary/aromatic N) is 2. The number of carbonyl (C=O) groups is 1. The largest absolute Gasteiger partial charge is 0.493 e. The number of benzene rings is 2. The van der Waals surface area contributed by atoms with Crippen LogP contribution < -0.4 is 26.1 Å². The number of anilines is 4. The molecule has 0 atom stereocenters. The zero-order valence-corrected chi connectivity index (χ0v) is 21.4. The van der Waals surface area contributed by atoms with Crippen molar-refractivity contribution in [3.63, 3.8) is 0 Å². The molecule has 2 aromatic carbocycles. The highest BCUT2D eigenvalue weighted by Crippen LogP contribution is 2.32. The monoisotopic (exact) mass is 516 g/mol. The number of hydrogen-bond acceptors (Lipinski definition) is 6. The molecule has 9 nitrogen and oxygen atoms in total.